The molecule has 6 nitrogen and oxygen atoms in total. The number of piperidine rings is 1. The van der Waals surface area contributed by atoms with Gasteiger partial charge in [-0.3, -0.25) is 4.79 Å². The summed E-state index contributed by atoms with van der Waals surface area (Å²) in [5.74, 6) is -1.26. The number of nitrogens with zero attached hydrogens (tertiary/aromatic N) is 1. The molecular formula is C18H23F3N2O4. The van der Waals surface area contributed by atoms with Gasteiger partial charge in [-0.25, -0.2) is 4.79 Å². The molecule has 2 amide bonds. The Morgan fingerprint density at radius 1 is 1.22 bits per heavy atom. The number of rotatable bonds is 3. The molecule has 0 radical (unpaired) electrons. The van der Waals surface area contributed by atoms with Gasteiger partial charge >= 0.3 is 12.5 Å². The number of nitrogens with one attached hydrogen (secondary N) is 1. The zero-order valence-electron chi connectivity index (χ0n) is 15.4. The number of amides is 2. The van der Waals surface area contributed by atoms with Crippen molar-refractivity contribution in [1.82, 2.24) is 4.90 Å². The maximum atomic E-state index is 12.5. The molecule has 2 rings (SSSR count). The molecule has 1 aromatic rings. The minimum Gasteiger partial charge on any atom is -0.444 e. The van der Waals surface area contributed by atoms with Gasteiger partial charge in [0.25, 0.3) is 0 Å². The highest BCUT2D eigenvalue weighted by molar-refractivity contribution is 5.93. The van der Waals surface area contributed by atoms with Crippen LogP contribution in [0.1, 0.15) is 33.6 Å². The van der Waals surface area contributed by atoms with Crippen molar-refractivity contribution in [3.05, 3.63) is 24.3 Å². The fourth-order valence-electron chi connectivity index (χ4n) is 2.70. The summed E-state index contributed by atoms with van der Waals surface area (Å²) in [5, 5.41) is 2.58. The zero-order chi connectivity index (χ0) is 20.2. The van der Waals surface area contributed by atoms with Gasteiger partial charge in [-0.2, -0.15) is 0 Å². The summed E-state index contributed by atoms with van der Waals surface area (Å²) in [4.78, 5) is 26.1. The van der Waals surface area contributed by atoms with Crippen molar-refractivity contribution in [2.45, 2.75) is 45.6 Å². The Morgan fingerprint density at radius 3 is 2.56 bits per heavy atom. The van der Waals surface area contributed by atoms with E-state index in [0.717, 1.165) is 12.1 Å². The second kappa shape index (κ2) is 8.06. The Balaban J connectivity index is 1.97. The van der Waals surface area contributed by atoms with E-state index in [9.17, 15) is 22.8 Å². The van der Waals surface area contributed by atoms with E-state index in [1.807, 2.05) is 0 Å². The summed E-state index contributed by atoms with van der Waals surface area (Å²) in [6.07, 6.45) is -4.08. The van der Waals surface area contributed by atoms with Gasteiger partial charge in [-0.05, 0) is 45.7 Å². The second-order valence-electron chi connectivity index (χ2n) is 7.33. The van der Waals surface area contributed by atoms with E-state index >= 15 is 0 Å². The molecule has 1 unspecified atom stereocenters. The number of hydrogen-bond acceptors (Lipinski definition) is 4. The maximum absolute atomic E-state index is 12.5. The van der Waals surface area contributed by atoms with E-state index in [0.29, 0.717) is 19.4 Å². The first-order chi connectivity index (χ1) is 12.4. The van der Waals surface area contributed by atoms with E-state index in [1.54, 1.807) is 20.8 Å². The molecule has 0 aromatic heterocycles. The number of alkyl halides is 3. The molecule has 0 bridgehead atoms. The minimum atomic E-state index is -4.81. The Bertz CT molecular complexity index is 686. The molecule has 9 heteroatoms. The lowest BCUT2D eigenvalue weighted by atomic mass is 9.97. The third-order valence-electron chi connectivity index (χ3n) is 3.78. The summed E-state index contributed by atoms with van der Waals surface area (Å²) in [5.41, 5.74) is -0.443. The molecule has 0 aliphatic carbocycles. The van der Waals surface area contributed by atoms with Crippen LogP contribution in [0.2, 0.25) is 0 Å². The van der Waals surface area contributed by atoms with Crippen LogP contribution in [-0.4, -0.2) is 42.0 Å². The lowest BCUT2D eigenvalue weighted by Gasteiger charge is -2.33. The van der Waals surface area contributed by atoms with Crippen molar-refractivity contribution in [3.8, 4) is 5.75 Å². The average molecular weight is 388 g/mol. The van der Waals surface area contributed by atoms with Crippen molar-refractivity contribution in [3.63, 3.8) is 0 Å². The van der Waals surface area contributed by atoms with Crippen LogP contribution in [0.4, 0.5) is 23.7 Å². The Hall–Kier alpha value is -2.45. The quantitative estimate of drug-likeness (QED) is 0.844. The van der Waals surface area contributed by atoms with Crippen molar-refractivity contribution in [2.24, 2.45) is 5.92 Å². The molecule has 1 aliphatic rings. The zero-order valence-corrected chi connectivity index (χ0v) is 15.4. The van der Waals surface area contributed by atoms with E-state index in [2.05, 4.69) is 10.1 Å². The summed E-state index contributed by atoms with van der Waals surface area (Å²) in [6.45, 7) is 5.96. The molecule has 1 atom stereocenters. The van der Waals surface area contributed by atoms with Crippen molar-refractivity contribution < 1.29 is 32.2 Å². The molecular weight excluding hydrogens is 365 g/mol. The number of likely N-dealkylation sites (tertiary alicyclic amines) is 1. The lowest BCUT2D eigenvalue weighted by Crippen LogP contribution is -2.45. The van der Waals surface area contributed by atoms with Gasteiger partial charge in [0.15, 0.2) is 0 Å². The lowest BCUT2D eigenvalue weighted by molar-refractivity contribution is -0.274. The van der Waals surface area contributed by atoms with Gasteiger partial charge in [-0.1, -0.05) is 6.07 Å². The summed E-state index contributed by atoms with van der Waals surface area (Å²) < 4.78 is 46.1. The van der Waals surface area contributed by atoms with E-state index in [1.165, 1.54) is 17.0 Å². The number of halogens is 3. The largest absolute Gasteiger partial charge is 0.573 e. The summed E-state index contributed by atoms with van der Waals surface area (Å²) in [6, 6.07) is 5.06. The molecule has 0 saturated carbocycles. The normalized spacial score (nSPS) is 18.0. The second-order valence-corrected chi connectivity index (χ2v) is 7.33. The third kappa shape index (κ3) is 6.99. The van der Waals surface area contributed by atoms with Crippen LogP contribution >= 0.6 is 0 Å². The first-order valence-corrected chi connectivity index (χ1v) is 8.57. The van der Waals surface area contributed by atoms with Crippen LogP contribution in [-0.2, 0) is 9.53 Å². The van der Waals surface area contributed by atoms with E-state index in [4.69, 9.17) is 4.74 Å². The third-order valence-corrected chi connectivity index (χ3v) is 3.78. The van der Waals surface area contributed by atoms with Gasteiger partial charge < -0.3 is 19.7 Å². The van der Waals surface area contributed by atoms with Crippen LogP contribution < -0.4 is 10.1 Å². The molecule has 1 fully saturated rings. The average Bonchev–Trinajstić information content (AvgIpc) is 2.52. The molecule has 1 saturated heterocycles. The number of carbonyl (C=O) groups is 2. The molecule has 150 valence electrons. The number of carbonyl (C=O) groups excluding carboxylic acids is 2. The number of benzene rings is 1. The predicted octanol–water partition coefficient (Wildman–Crippen LogP) is 4.17. The van der Waals surface area contributed by atoms with Crippen LogP contribution in [0, 0.1) is 5.92 Å². The van der Waals surface area contributed by atoms with Crippen LogP contribution in [0.3, 0.4) is 0 Å². The Kier molecular flexibility index (Phi) is 6.22. The molecule has 27 heavy (non-hydrogen) atoms. The Morgan fingerprint density at radius 2 is 1.93 bits per heavy atom. The molecule has 1 heterocycles. The molecule has 1 aliphatic heterocycles. The van der Waals surface area contributed by atoms with Crippen LogP contribution in [0.25, 0.3) is 0 Å². The fraction of sp³-hybridized carbons (Fsp3) is 0.556. The Labute approximate surface area is 155 Å². The molecule has 1 aromatic carbocycles. The standard InChI is InChI=1S/C18H23F3N2O4/c1-17(2,3)27-16(25)23-9-5-6-12(11-23)15(24)22-13-7-4-8-14(10-13)26-18(19,20)21/h4,7-8,10,12H,5-6,9,11H2,1-3H3,(H,22,24). The van der Waals surface area contributed by atoms with Crippen molar-refractivity contribution in [1.29, 1.82) is 0 Å². The monoisotopic (exact) mass is 388 g/mol. The molecule has 0 spiro atoms. The van der Waals surface area contributed by atoms with E-state index < -0.39 is 29.7 Å². The summed E-state index contributed by atoms with van der Waals surface area (Å²) >= 11 is 0. The SMILES string of the molecule is CC(C)(C)OC(=O)N1CCCC(C(=O)Nc2cccc(OC(F)(F)F)c2)C1. The van der Waals surface area contributed by atoms with Gasteiger partial charge in [0.05, 0.1) is 5.92 Å². The topological polar surface area (TPSA) is 67.9 Å². The minimum absolute atomic E-state index is 0.191. The van der Waals surface area contributed by atoms with Gasteiger partial charge in [0, 0.05) is 24.8 Å². The first kappa shape index (κ1) is 20.9. The predicted molar refractivity (Wildman–Crippen MR) is 92.3 cm³/mol. The smallest absolute Gasteiger partial charge is 0.444 e. The molecule has 1 N–H and O–H groups in total. The van der Waals surface area contributed by atoms with Crippen LogP contribution in [0.5, 0.6) is 5.75 Å². The highest BCUT2D eigenvalue weighted by atomic mass is 19.4. The van der Waals surface area contributed by atoms with Crippen LogP contribution in [0.15, 0.2) is 24.3 Å². The van der Waals surface area contributed by atoms with E-state index in [-0.39, 0.29) is 18.1 Å². The maximum Gasteiger partial charge on any atom is 0.573 e. The fourth-order valence-corrected chi connectivity index (χ4v) is 2.70. The number of ether oxygens (including phenoxy) is 2. The number of hydrogen-bond donors (Lipinski definition) is 1. The van der Waals surface area contributed by atoms with Crippen molar-refractivity contribution in [2.75, 3.05) is 18.4 Å². The highest BCUT2D eigenvalue weighted by Crippen LogP contribution is 2.26. The number of anilines is 1. The van der Waals surface area contributed by atoms with Crippen molar-refractivity contribution >= 4 is 17.7 Å². The van der Waals surface area contributed by atoms with Gasteiger partial charge in [0.1, 0.15) is 11.4 Å². The first-order valence-electron chi connectivity index (χ1n) is 8.57. The summed E-state index contributed by atoms with van der Waals surface area (Å²) in [7, 11) is 0. The van der Waals surface area contributed by atoms with Gasteiger partial charge in [-0.15, -0.1) is 13.2 Å². The van der Waals surface area contributed by atoms with Gasteiger partial charge in [0.2, 0.25) is 5.91 Å². The highest BCUT2D eigenvalue weighted by Gasteiger charge is 2.32.